The van der Waals surface area contributed by atoms with Crippen molar-refractivity contribution < 1.29 is 0 Å². The second kappa shape index (κ2) is 7.71. The van der Waals surface area contributed by atoms with Gasteiger partial charge in [-0.2, -0.15) is 5.10 Å². The quantitative estimate of drug-likeness (QED) is 0.763. The van der Waals surface area contributed by atoms with Crippen molar-refractivity contribution in [2.75, 3.05) is 6.54 Å². The van der Waals surface area contributed by atoms with Gasteiger partial charge in [-0.1, -0.05) is 13.8 Å². The van der Waals surface area contributed by atoms with Crippen LogP contribution in [-0.2, 0) is 13.1 Å². The number of nitrogens with one attached hydrogen (secondary N) is 1. The maximum absolute atomic E-state index is 4.46. The lowest BCUT2D eigenvalue weighted by Crippen LogP contribution is -2.17. The summed E-state index contributed by atoms with van der Waals surface area (Å²) in [5.41, 5.74) is 2.42. The van der Waals surface area contributed by atoms with E-state index in [0.717, 1.165) is 31.7 Å². The molecule has 1 aromatic rings. The van der Waals surface area contributed by atoms with E-state index in [0.29, 0.717) is 0 Å². The molecular weight excluding hydrogens is 210 g/mol. The summed E-state index contributed by atoms with van der Waals surface area (Å²) in [4.78, 5) is 0. The molecule has 88 valence electrons. The van der Waals surface area contributed by atoms with Crippen molar-refractivity contribution in [3.05, 3.63) is 17.5 Å². The summed E-state index contributed by atoms with van der Waals surface area (Å²) in [6, 6.07) is 2.16. The van der Waals surface area contributed by atoms with Gasteiger partial charge in [-0.15, -0.1) is 12.4 Å². The summed E-state index contributed by atoms with van der Waals surface area (Å²) < 4.78 is 2.11. The molecule has 0 saturated carbocycles. The Morgan fingerprint density at radius 1 is 1.33 bits per heavy atom. The number of aromatic nitrogens is 2. The molecule has 0 saturated heterocycles. The molecule has 0 spiro atoms. The summed E-state index contributed by atoms with van der Waals surface area (Å²) in [6.45, 7) is 9.46. The Kier molecular flexibility index (Phi) is 7.44. The monoisotopic (exact) mass is 231 g/mol. The van der Waals surface area contributed by atoms with Gasteiger partial charge in [0, 0.05) is 13.1 Å². The summed E-state index contributed by atoms with van der Waals surface area (Å²) in [7, 11) is 0. The maximum atomic E-state index is 4.46. The minimum Gasteiger partial charge on any atom is -0.311 e. The molecular formula is C11H22ClN3. The fourth-order valence-electron chi connectivity index (χ4n) is 1.54. The highest BCUT2D eigenvalue weighted by Crippen LogP contribution is 2.04. The summed E-state index contributed by atoms with van der Waals surface area (Å²) in [6.07, 6.45) is 2.32. The van der Waals surface area contributed by atoms with E-state index in [9.17, 15) is 0 Å². The SMILES string of the molecule is CCCNCc1cc(C)nn1CCC.Cl. The fraction of sp³-hybridized carbons (Fsp3) is 0.727. The third-order valence-corrected chi connectivity index (χ3v) is 2.15. The number of nitrogens with zero attached hydrogens (tertiary/aromatic N) is 2. The Bertz CT molecular complexity index is 271. The van der Waals surface area contributed by atoms with Crippen molar-refractivity contribution in [2.45, 2.75) is 46.7 Å². The standard InChI is InChI=1S/C11H21N3.ClH/c1-4-6-12-9-11-8-10(3)13-14(11)7-5-2;/h8,12H,4-7,9H2,1-3H3;1H. The van der Waals surface area contributed by atoms with Crippen LogP contribution in [0.4, 0.5) is 0 Å². The van der Waals surface area contributed by atoms with E-state index in [1.165, 1.54) is 12.1 Å². The average Bonchev–Trinajstić information content (AvgIpc) is 2.48. The smallest absolute Gasteiger partial charge is 0.0597 e. The molecule has 3 nitrogen and oxygen atoms in total. The number of hydrogen-bond acceptors (Lipinski definition) is 2. The van der Waals surface area contributed by atoms with Gasteiger partial charge in [0.25, 0.3) is 0 Å². The van der Waals surface area contributed by atoms with E-state index in [-0.39, 0.29) is 12.4 Å². The Labute approximate surface area is 98.7 Å². The summed E-state index contributed by atoms with van der Waals surface area (Å²) >= 11 is 0. The Balaban J connectivity index is 0.00000196. The highest BCUT2D eigenvalue weighted by Gasteiger charge is 2.03. The molecule has 1 aromatic heterocycles. The van der Waals surface area contributed by atoms with Gasteiger partial charge >= 0.3 is 0 Å². The summed E-state index contributed by atoms with van der Waals surface area (Å²) in [5.74, 6) is 0. The molecule has 0 aromatic carbocycles. The van der Waals surface area contributed by atoms with Gasteiger partial charge in [-0.05, 0) is 32.4 Å². The normalized spacial score (nSPS) is 10.1. The third-order valence-electron chi connectivity index (χ3n) is 2.15. The zero-order valence-corrected chi connectivity index (χ0v) is 10.7. The Morgan fingerprint density at radius 3 is 2.67 bits per heavy atom. The van der Waals surface area contributed by atoms with Crippen LogP contribution in [0.1, 0.15) is 38.1 Å². The van der Waals surface area contributed by atoms with Gasteiger partial charge in [0.05, 0.1) is 11.4 Å². The van der Waals surface area contributed by atoms with Crippen molar-refractivity contribution in [1.29, 1.82) is 0 Å². The Hall–Kier alpha value is -0.540. The molecule has 4 heteroatoms. The minimum absolute atomic E-state index is 0. The van der Waals surface area contributed by atoms with Crippen LogP contribution in [0.15, 0.2) is 6.07 Å². The van der Waals surface area contributed by atoms with Gasteiger partial charge in [-0.25, -0.2) is 0 Å². The van der Waals surface area contributed by atoms with Crippen molar-refractivity contribution in [3.8, 4) is 0 Å². The van der Waals surface area contributed by atoms with E-state index in [2.05, 4.69) is 41.9 Å². The molecule has 0 unspecified atom stereocenters. The molecule has 15 heavy (non-hydrogen) atoms. The van der Waals surface area contributed by atoms with E-state index in [1.807, 2.05) is 0 Å². The van der Waals surface area contributed by atoms with E-state index < -0.39 is 0 Å². The van der Waals surface area contributed by atoms with Crippen LogP contribution >= 0.6 is 12.4 Å². The third kappa shape index (κ3) is 4.67. The zero-order chi connectivity index (χ0) is 10.4. The van der Waals surface area contributed by atoms with Crippen molar-refractivity contribution in [2.24, 2.45) is 0 Å². The average molecular weight is 232 g/mol. The molecule has 0 aliphatic carbocycles. The largest absolute Gasteiger partial charge is 0.311 e. The highest BCUT2D eigenvalue weighted by atomic mass is 35.5. The first-order valence-corrected chi connectivity index (χ1v) is 5.52. The van der Waals surface area contributed by atoms with Gasteiger partial charge in [0.1, 0.15) is 0 Å². The topological polar surface area (TPSA) is 29.9 Å². The second-order valence-corrected chi connectivity index (χ2v) is 3.68. The Morgan fingerprint density at radius 2 is 2.07 bits per heavy atom. The van der Waals surface area contributed by atoms with E-state index >= 15 is 0 Å². The zero-order valence-electron chi connectivity index (χ0n) is 9.92. The first-order chi connectivity index (χ1) is 6.77. The van der Waals surface area contributed by atoms with Crippen LogP contribution in [-0.4, -0.2) is 16.3 Å². The van der Waals surface area contributed by atoms with Gasteiger partial charge < -0.3 is 5.32 Å². The first kappa shape index (κ1) is 14.5. The molecule has 1 N–H and O–H groups in total. The molecule has 0 aliphatic rings. The molecule has 0 atom stereocenters. The van der Waals surface area contributed by atoms with E-state index in [4.69, 9.17) is 0 Å². The number of rotatable bonds is 6. The number of aryl methyl sites for hydroxylation is 2. The van der Waals surface area contributed by atoms with Crippen LogP contribution in [0.3, 0.4) is 0 Å². The second-order valence-electron chi connectivity index (χ2n) is 3.68. The van der Waals surface area contributed by atoms with Crippen LogP contribution in [0.5, 0.6) is 0 Å². The predicted octanol–water partition coefficient (Wildman–Crippen LogP) is 2.52. The molecule has 0 amide bonds. The van der Waals surface area contributed by atoms with Gasteiger partial charge in [-0.3, -0.25) is 4.68 Å². The molecule has 0 aliphatic heterocycles. The fourth-order valence-corrected chi connectivity index (χ4v) is 1.54. The molecule has 1 rings (SSSR count). The predicted molar refractivity (Wildman–Crippen MR) is 66.5 cm³/mol. The van der Waals surface area contributed by atoms with Gasteiger partial charge in [0.2, 0.25) is 0 Å². The van der Waals surface area contributed by atoms with Crippen LogP contribution in [0.2, 0.25) is 0 Å². The van der Waals surface area contributed by atoms with Crippen molar-refractivity contribution >= 4 is 12.4 Å². The lowest BCUT2D eigenvalue weighted by Gasteiger charge is -2.06. The van der Waals surface area contributed by atoms with Crippen LogP contribution in [0, 0.1) is 6.92 Å². The molecule has 0 radical (unpaired) electrons. The number of hydrogen-bond donors (Lipinski definition) is 1. The summed E-state index contributed by atoms with van der Waals surface area (Å²) in [5, 5.41) is 7.86. The lowest BCUT2D eigenvalue weighted by molar-refractivity contribution is 0.546. The molecule has 0 bridgehead atoms. The molecule has 0 fully saturated rings. The first-order valence-electron chi connectivity index (χ1n) is 5.52. The van der Waals surface area contributed by atoms with Crippen LogP contribution in [0.25, 0.3) is 0 Å². The maximum Gasteiger partial charge on any atom is 0.0597 e. The van der Waals surface area contributed by atoms with Gasteiger partial charge in [0.15, 0.2) is 0 Å². The highest BCUT2D eigenvalue weighted by molar-refractivity contribution is 5.85. The van der Waals surface area contributed by atoms with Crippen molar-refractivity contribution in [1.82, 2.24) is 15.1 Å². The minimum atomic E-state index is 0. The number of halogens is 1. The molecule has 1 heterocycles. The van der Waals surface area contributed by atoms with E-state index in [1.54, 1.807) is 0 Å². The van der Waals surface area contributed by atoms with Crippen LogP contribution < -0.4 is 5.32 Å². The van der Waals surface area contributed by atoms with Crippen molar-refractivity contribution in [3.63, 3.8) is 0 Å². The lowest BCUT2D eigenvalue weighted by atomic mass is 10.3.